The maximum Gasteiger partial charge on any atom is 0.134 e. The van der Waals surface area contributed by atoms with Crippen LogP contribution >= 0.6 is 0 Å². The standard InChI is InChI=1S/C13H22N4O/c1-9(2)11-12(14)16-8-17-13(11)15-6-10-4-3-5-18-7-10/h8-10H,3-7H2,1-2H3,(H3,14,15,16,17). The molecule has 0 amide bonds. The molecule has 1 aromatic heterocycles. The Hall–Kier alpha value is -1.36. The number of rotatable bonds is 4. The highest BCUT2D eigenvalue weighted by Gasteiger charge is 2.16. The monoisotopic (exact) mass is 250 g/mol. The van der Waals surface area contributed by atoms with Crippen molar-refractivity contribution in [2.45, 2.75) is 32.6 Å². The van der Waals surface area contributed by atoms with Crippen molar-refractivity contribution >= 4 is 11.6 Å². The van der Waals surface area contributed by atoms with E-state index in [0.717, 1.165) is 37.6 Å². The highest BCUT2D eigenvalue weighted by atomic mass is 16.5. The maximum absolute atomic E-state index is 5.92. The molecular formula is C13H22N4O. The highest BCUT2D eigenvalue weighted by molar-refractivity contribution is 5.56. The molecule has 1 aliphatic heterocycles. The Morgan fingerprint density at radius 3 is 3.00 bits per heavy atom. The molecule has 5 nitrogen and oxygen atoms in total. The summed E-state index contributed by atoms with van der Waals surface area (Å²) in [5, 5.41) is 3.39. The first-order chi connectivity index (χ1) is 8.68. The molecule has 3 N–H and O–H groups in total. The third kappa shape index (κ3) is 3.10. The molecule has 1 saturated heterocycles. The van der Waals surface area contributed by atoms with E-state index in [9.17, 15) is 0 Å². The second kappa shape index (κ2) is 6.00. The molecule has 0 bridgehead atoms. The summed E-state index contributed by atoms with van der Waals surface area (Å²) in [5.41, 5.74) is 6.92. The maximum atomic E-state index is 5.92. The number of hydrogen-bond acceptors (Lipinski definition) is 5. The van der Waals surface area contributed by atoms with Crippen LogP contribution in [0.3, 0.4) is 0 Å². The SMILES string of the molecule is CC(C)c1c(N)ncnc1NCC1CCCOC1. The molecule has 1 fully saturated rings. The van der Waals surface area contributed by atoms with Crippen molar-refractivity contribution in [2.24, 2.45) is 5.92 Å². The lowest BCUT2D eigenvalue weighted by Crippen LogP contribution is -2.25. The molecule has 0 radical (unpaired) electrons. The lowest BCUT2D eigenvalue weighted by Gasteiger charge is -2.23. The fraction of sp³-hybridized carbons (Fsp3) is 0.692. The first-order valence-corrected chi connectivity index (χ1v) is 6.60. The summed E-state index contributed by atoms with van der Waals surface area (Å²) in [6.45, 7) is 6.82. The number of ether oxygens (including phenoxy) is 1. The Kier molecular flexibility index (Phi) is 4.36. The van der Waals surface area contributed by atoms with E-state index in [1.165, 1.54) is 12.7 Å². The average Bonchev–Trinajstić information content (AvgIpc) is 2.37. The van der Waals surface area contributed by atoms with Crippen molar-refractivity contribution in [1.82, 2.24) is 9.97 Å². The van der Waals surface area contributed by atoms with Gasteiger partial charge in [0.2, 0.25) is 0 Å². The van der Waals surface area contributed by atoms with E-state index in [4.69, 9.17) is 10.5 Å². The third-order valence-electron chi connectivity index (χ3n) is 3.30. The van der Waals surface area contributed by atoms with Crippen LogP contribution in [0.2, 0.25) is 0 Å². The third-order valence-corrected chi connectivity index (χ3v) is 3.30. The van der Waals surface area contributed by atoms with E-state index in [2.05, 4.69) is 29.1 Å². The van der Waals surface area contributed by atoms with Gasteiger partial charge in [-0.1, -0.05) is 13.8 Å². The van der Waals surface area contributed by atoms with E-state index in [1.54, 1.807) is 0 Å². The van der Waals surface area contributed by atoms with Gasteiger partial charge in [0.05, 0.1) is 6.61 Å². The smallest absolute Gasteiger partial charge is 0.134 e. The molecular weight excluding hydrogens is 228 g/mol. The minimum Gasteiger partial charge on any atom is -0.383 e. The van der Waals surface area contributed by atoms with Crippen LogP contribution in [0, 0.1) is 5.92 Å². The predicted molar refractivity (Wildman–Crippen MR) is 72.6 cm³/mol. The molecule has 0 aliphatic carbocycles. The Morgan fingerprint density at radius 2 is 2.33 bits per heavy atom. The quantitative estimate of drug-likeness (QED) is 0.855. The molecule has 5 heteroatoms. The zero-order valence-electron chi connectivity index (χ0n) is 11.1. The van der Waals surface area contributed by atoms with Crippen molar-refractivity contribution in [3.63, 3.8) is 0 Å². The van der Waals surface area contributed by atoms with Crippen LogP contribution in [-0.2, 0) is 4.74 Å². The van der Waals surface area contributed by atoms with E-state index in [-0.39, 0.29) is 0 Å². The van der Waals surface area contributed by atoms with Crippen molar-refractivity contribution in [3.8, 4) is 0 Å². The predicted octanol–water partition coefficient (Wildman–Crippen LogP) is 2.02. The largest absolute Gasteiger partial charge is 0.383 e. The lowest BCUT2D eigenvalue weighted by molar-refractivity contribution is 0.0594. The van der Waals surface area contributed by atoms with Gasteiger partial charge in [0.25, 0.3) is 0 Å². The number of nitrogens with two attached hydrogens (primary N) is 1. The number of aromatic nitrogens is 2. The van der Waals surface area contributed by atoms with E-state index >= 15 is 0 Å². The second-order valence-corrected chi connectivity index (χ2v) is 5.14. The Labute approximate surface area is 108 Å². The molecule has 2 rings (SSSR count). The van der Waals surface area contributed by atoms with Gasteiger partial charge in [-0.05, 0) is 24.7 Å². The van der Waals surface area contributed by atoms with Crippen molar-refractivity contribution < 1.29 is 4.74 Å². The van der Waals surface area contributed by atoms with Crippen molar-refractivity contribution in [1.29, 1.82) is 0 Å². The molecule has 0 saturated carbocycles. The van der Waals surface area contributed by atoms with Crippen molar-refractivity contribution in [2.75, 3.05) is 30.8 Å². The summed E-state index contributed by atoms with van der Waals surface area (Å²) in [7, 11) is 0. The van der Waals surface area contributed by atoms with Crippen LogP contribution in [0.15, 0.2) is 6.33 Å². The Bertz CT molecular complexity index is 389. The van der Waals surface area contributed by atoms with Gasteiger partial charge in [-0.15, -0.1) is 0 Å². The van der Waals surface area contributed by atoms with Gasteiger partial charge in [0.1, 0.15) is 18.0 Å². The summed E-state index contributed by atoms with van der Waals surface area (Å²) in [4.78, 5) is 8.36. The number of nitrogens with one attached hydrogen (secondary N) is 1. The van der Waals surface area contributed by atoms with Gasteiger partial charge >= 0.3 is 0 Å². The normalized spacial score (nSPS) is 20.1. The molecule has 18 heavy (non-hydrogen) atoms. The van der Waals surface area contributed by atoms with Crippen LogP contribution in [0.1, 0.15) is 38.2 Å². The summed E-state index contributed by atoms with van der Waals surface area (Å²) in [6, 6.07) is 0. The average molecular weight is 250 g/mol. The van der Waals surface area contributed by atoms with Crippen LogP contribution in [0.5, 0.6) is 0 Å². The fourth-order valence-corrected chi connectivity index (χ4v) is 2.33. The molecule has 1 aliphatic rings. The minimum absolute atomic E-state index is 0.316. The minimum atomic E-state index is 0.316. The zero-order valence-corrected chi connectivity index (χ0v) is 11.1. The molecule has 1 unspecified atom stereocenters. The second-order valence-electron chi connectivity index (χ2n) is 5.14. The summed E-state index contributed by atoms with van der Waals surface area (Å²) in [5.74, 6) is 2.32. The zero-order chi connectivity index (χ0) is 13.0. The van der Waals surface area contributed by atoms with Crippen LogP contribution in [0.4, 0.5) is 11.6 Å². The van der Waals surface area contributed by atoms with E-state index < -0.39 is 0 Å². The molecule has 0 spiro atoms. The molecule has 0 aromatic carbocycles. The first-order valence-electron chi connectivity index (χ1n) is 6.60. The Balaban J connectivity index is 2.02. The molecule has 1 atom stereocenters. The van der Waals surface area contributed by atoms with Gasteiger partial charge in [0.15, 0.2) is 0 Å². The summed E-state index contributed by atoms with van der Waals surface area (Å²) in [6.07, 6.45) is 3.88. The molecule has 1 aromatic rings. The first kappa shape index (κ1) is 13.1. The van der Waals surface area contributed by atoms with E-state index in [1.807, 2.05) is 0 Å². The molecule has 100 valence electrons. The van der Waals surface area contributed by atoms with Crippen LogP contribution in [0.25, 0.3) is 0 Å². The Morgan fingerprint density at radius 1 is 1.50 bits per heavy atom. The number of hydrogen-bond donors (Lipinski definition) is 2. The topological polar surface area (TPSA) is 73.1 Å². The number of nitrogen functional groups attached to an aromatic ring is 1. The number of nitrogens with zero attached hydrogens (tertiary/aromatic N) is 2. The van der Waals surface area contributed by atoms with Gasteiger partial charge in [-0.3, -0.25) is 0 Å². The van der Waals surface area contributed by atoms with Gasteiger partial charge in [-0.2, -0.15) is 0 Å². The van der Waals surface area contributed by atoms with Crippen LogP contribution < -0.4 is 11.1 Å². The number of anilines is 2. The van der Waals surface area contributed by atoms with E-state index in [0.29, 0.717) is 17.7 Å². The summed E-state index contributed by atoms with van der Waals surface area (Å²) >= 11 is 0. The van der Waals surface area contributed by atoms with Gasteiger partial charge in [-0.25, -0.2) is 9.97 Å². The lowest BCUT2D eigenvalue weighted by atomic mass is 10.0. The summed E-state index contributed by atoms with van der Waals surface area (Å²) < 4.78 is 5.47. The van der Waals surface area contributed by atoms with Gasteiger partial charge < -0.3 is 15.8 Å². The van der Waals surface area contributed by atoms with Crippen molar-refractivity contribution in [3.05, 3.63) is 11.9 Å². The van der Waals surface area contributed by atoms with Crippen LogP contribution in [-0.4, -0.2) is 29.7 Å². The fourth-order valence-electron chi connectivity index (χ4n) is 2.33. The molecule has 2 heterocycles. The highest BCUT2D eigenvalue weighted by Crippen LogP contribution is 2.26. The van der Waals surface area contributed by atoms with Gasteiger partial charge in [0, 0.05) is 18.7 Å².